The lowest BCUT2D eigenvalue weighted by atomic mass is 10.1. The lowest BCUT2D eigenvalue weighted by Gasteiger charge is -2.14. The van der Waals surface area contributed by atoms with E-state index in [2.05, 4.69) is 14.7 Å². The van der Waals surface area contributed by atoms with Crippen molar-refractivity contribution in [3.63, 3.8) is 0 Å². The van der Waals surface area contributed by atoms with Crippen LogP contribution in [0.15, 0.2) is 52.6 Å². The topological polar surface area (TPSA) is 116 Å². The zero-order chi connectivity index (χ0) is 21.0. The number of fused-ring (bicyclic) bond motifs is 1. The molecule has 2 heterocycles. The van der Waals surface area contributed by atoms with Gasteiger partial charge in [0.25, 0.3) is 10.0 Å². The molecule has 1 atom stereocenters. The fraction of sp³-hybridized carbons (Fsp3) is 0.263. The van der Waals surface area contributed by atoms with E-state index < -0.39 is 15.8 Å². The minimum absolute atomic E-state index is 0.0505. The number of nitrogens with zero attached hydrogens (tertiary/aromatic N) is 2. The van der Waals surface area contributed by atoms with E-state index in [0.29, 0.717) is 23.8 Å². The van der Waals surface area contributed by atoms with Gasteiger partial charge in [-0.25, -0.2) is 17.8 Å². The fourth-order valence-electron chi connectivity index (χ4n) is 2.75. The molecular formula is C19H21FN4O4S. The highest BCUT2D eigenvalue weighted by Crippen LogP contribution is 2.29. The lowest BCUT2D eigenvalue weighted by molar-refractivity contribution is 0.289. The lowest BCUT2D eigenvalue weighted by Crippen LogP contribution is -2.16. The molecule has 0 aliphatic carbocycles. The Kier molecular flexibility index (Phi) is 6.02. The summed E-state index contributed by atoms with van der Waals surface area (Å²) in [5.41, 5.74) is 6.67. The number of allylic oxidation sites excluding steroid dienone is 1. The number of benzene rings is 1. The second kappa shape index (κ2) is 8.48. The van der Waals surface area contributed by atoms with Gasteiger partial charge >= 0.3 is 0 Å². The van der Waals surface area contributed by atoms with Crippen LogP contribution < -0.4 is 19.9 Å². The van der Waals surface area contributed by atoms with Crippen LogP contribution in [0.3, 0.4) is 0 Å². The molecule has 154 valence electrons. The Morgan fingerprint density at radius 1 is 1.41 bits per heavy atom. The minimum atomic E-state index is -4.14. The number of rotatable bonds is 6. The number of halogens is 1. The summed E-state index contributed by atoms with van der Waals surface area (Å²) in [6.45, 7) is 4.14. The second-order valence-corrected chi connectivity index (χ2v) is 7.89. The van der Waals surface area contributed by atoms with E-state index in [9.17, 15) is 12.8 Å². The Morgan fingerprint density at radius 2 is 2.21 bits per heavy atom. The quantitative estimate of drug-likeness (QED) is 0.742. The number of aliphatic imine (C=N–C) groups is 1. The monoisotopic (exact) mass is 420 g/mol. The van der Waals surface area contributed by atoms with Crippen molar-refractivity contribution in [2.75, 3.05) is 17.9 Å². The SMILES string of the molecule is CCOc1ccc(F)cc1S(=O)(=O)Nc1cnc2c(c1)C(C=CN)=N[C@H](C)CO2. The number of pyridine rings is 1. The predicted octanol–water partition coefficient (Wildman–Crippen LogP) is 2.46. The van der Waals surface area contributed by atoms with Gasteiger partial charge in [-0.1, -0.05) is 0 Å². The summed E-state index contributed by atoms with van der Waals surface area (Å²) < 4.78 is 52.8. The van der Waals surface area contributed by atoms with Crippen molar-refractivity contribution in [2.45, 2.75) is 24.8 Å². The zero-order valence-corrected chi connectivity index (χ0v) is 16.7. The highest BCUT2D eigenvalue weighted by molar-refractivity contribution is 7.92. The Morgan fingerprint density at radius 3 is 2.93 bits per heavy atom. The molecule has 0 saturated heterocycles. The molecule has 2 aromatic rings. The maximum absolute atomic E-state index is 13.7. The number of nitrogens with two attached hydrogens (primary N) is 1. The first kappa shape index (κ1) is 20.6. The van der Waals surface area contributed by atoms with Crippen molar-refractivity contribution >= 4 is 21.4 Å². The Hall–Kier alpha value is -3.14. The van der Waals surface area contributed by atoms with Crippen molar-refractivity contribution in [3.8, 4) is 11.6 Å². The molecule has 1 aromatic heterocycles. The maximum atomic E-state index is 13.7. The molecule has 1 aromatic carbocycles. The number of hydrogen-bond donors (Lipinski definition) is 2. The third-order valence-corrected chi connectivity index (χ3v) is 5.35. The van der Waals surface area contributed by atoms with Gasteiger partial charge < -0.3 is 15.2 Å². The first-order chi connectivity index (χ1) is 13.8. The Bertz CT molecular complexity index is 1070. The van der Waals surface area contributed by atoms with Crippen LogP contribution in [0, 0.1) is 5.82 Å². The molecule has 10 heteroatoms. The third kappa shape index (κ3) is 4.65. The van der Waals surface area contributed by atoms with Gasteiger partial charge in [0.05, 0.1) is 35.8 Å². The van der Waals surface area contributed by atoms with Gasteiger partial charge in [-0.3, -0.25) is 9.71 Å². The molecular weight excluding hydrogens is 399 g/mol. The van der Waals surface area contributed by atoms with Crippen molar-refractivity contribution in [1.82, 2.24) is 4.98 Å². The van der Waals surface area contributed by atoms with Crippen LogP contribution in [-0.2, 0) is 10.0 Å². The second-order valence-electron chi connectivity index (χ2n) is 6.24. The molecule has 0 radical (unpaired) electrons. The minimum Gasteiger partial charge on any atom is -0.492 e. The van der Waals surface area contributed by atoms with E-state index in [4.69, 9.17) is 15.2 Å². The van der Waals surface area contributed by atoms with Crippen molar-refractivity contribution in [2.24, 2.45) is 10.7 Å². The summed E-state index contributed by atoms with van der Waals surface area (Å²) >= 11 is 0. The van der Waals surface area contributed by atoms with Crippen LogP contribution in [0.5, 0.6) is 11.6 Å². The van der Waals surface area contributed by atoms with E-state index in [1.54, 1.807) is 13.0 Å². The smallest absolute Gasteiger partial charge is 0.265 e. The van der Waals surface area contributed by atoms with E-state index >= 15 is 0 Å². The average molecular weight is 420 g/mol. The predicted molar refractivity (Wildman–Crippen MR) is 107 cm³/mol. The standard InChI is InChI=1S/C19H21FN4O4S/c1-3-27-17-5-4-13(20)8-18(17)29(25,26)24-14-9-15-16(6-7-21)23-12(2)11-28-19(15)22-10-14/h4-10,12,24H,3,11,21H2,1-2H3/t12-/m1/s1. The first-order valence-electron chi connectivity index (χ1n) is 8.88. The van der Waals surface area contributed by atoms with Crippen molar-refractivity contribution in [3.05, 3.63) is 54.1 Å². The van der Waals surface area contributed by atoms with E-state index in [-0.39, 0.29) is 29.0 Å². The summed E-state index contributed by atoms with van der Waals surface area (Å²) in [7, 11) is -4.14. The van der Waals surface area contributed by atoms with Crippen LogP contribution in [0.2, 0.25) is 0 Å². The molecule has 1 aliphatic rings. The molecule has 0 spiro atoms. The summed E-state index contributed by atoms with van der Waals surface area (Å²) in [5, 5.41) is 0. The van der Waals surface area contributed by atoms with E-state index in [1.807, 2.05) is 6.92 Å². The highest BCUT2D eigenvalue weighted by Gasteiger charge is 2.23. The van der Waals surface area contributed by atoms with Crippen LogP contribution in [-0.4, -0.2) is 38.4 Å². The summed E-state index contributed by atoms with van der Waals surface area (Å²) in [5.74, 6) is -0.330. The van der Waals surface area contributed by atoms with Gasteiger partial charge in [0.2, 0.25) is 5.88 Å². The van der Waals surface area contributed by atoms with E-state index in [0.717, 1.165) is 12.1 Å². The zero-order valence-electron chi connectivity index (χ0n) is 15.9. The number of ether oxygens (including phenoxy) is 2. The van der Waals surface area contributed by atoms with Crippen LogP contribution in [0.25, 0.3) is 0 Å². The largest absolute Gasteiger partial charge is 0.492 e. The number of hydrogen-bond acceptors (Lipinski definition) is 7. The molecule has 0 bridgehead atoms. The van der Waals surface area contributed by atoms with Gasteiger partial charge in [-0.15, -0.1) is 0 Å². The van der Waals surface area contributed by atoms with Gasteiger partial charge in [0, 0.05) is 0 Å². The van der Waals surface area contributed by atoms with Crippen molar-refractivity contribution in [1.29, 1.82) is 0 Å². The normalized spacial score (nSPS) is 16.5. The summed E-state index contributed by atoms with van der Waals surface area (Å²) in [6.07, 6.45) is 4.23. The van der Waals surface area contributed by atoms with Crippen LogP contribution >= 0.6 is 0 Å². The molecule has 0 fully saturated rings. The number of aromatic nitrogens is 1. The molecule has 3 N–H and O–H groups in total. The van der Waals surface area contributed by atoms with Crippen LogP contribution in [0.4, 0.5) is 10.1 Å². The van der Waals surface area contributed by atoms with Gasteiger partial charge in [0.1, 0.15) is 23.1 Å². The molecule has 0 unspecified atom stereocenters. The Labute approximate surface area is 168 Å². The van der Waals surface area contributed by atoms with Crippen molar-refractivity contribution < 1.29 is 22.3 Å². The van der Waals surface area contributed by atoms with Gasteiger partial charge in [-0.2, -0.15) is 0 Å². The molecule has 0 amide bonds. The third-order valence-electron chi connectivity index (χ3n) is 3.95. The molecule has 1 aliphatic heterocycles. The Balaban J connectivity index is 2.00. The average Bonchev–Trinajstić information content (AvgIpc) is 2.82. The number of nitrogens with one attached hydrogen (secondary N) is 1. The van der Waals surface area contributed by atoms with Crippen LogP contribution in [0.1, 0.15) is 19.4 Å². The summed E-state index contributed by atoms with van der Waals surface area (Å²) in [4.78, 5) is 8.37. The molecule has 3 rings (SSSR count). The van der Waals surface area contributed by atoms with E-state index in [1.165, 1.54) is 24.5 Å². The maximum Gasteiger partial charge on any atom is 0.265 e. The molecule has 0 saturated carbocycles. The fourth-order valence-corrected chi connectivity index (χ4v) is 3.94. The molecule has 8 nitrogen and oxygen atoms in total. The number of anilines is 1. The van der Waals surface area contributed by atoms with Gasteiger partial charge in [0.15, 0.2) is 0 Å². The summed E-state index contributed by atoms with van der Waals surface area (Å²) in [6, 6.07) is 4.72. The first-order valence-corrected chi connectivity index (χ1v) is 10.4. The number of sulfonamides is 1. The highest BCUT2D eigenvalue weighted by atomic mass is 32.2. The molecule has 29 heavy (non-hydrogen) atoms. The van der Waals surface area contributed by atoms with Gasteiger partial charge in [-0.05, 0) is 50.4 Å².